The van der Waals surface area contributed by atoms with Gasteiger partial charge in [-0.2, -0.15) is 17.6 Å². The lowest BCUT2D eigenvalue weighted by Crippen LogP contribution is -2.52. The van der Waals surface area contributed by atoms with Crippen LogP contribution in [0.5, 0.6) is 11.5 Å². The Balaban J connectivity index is 1.83. The Hall–Kier alpha value is -2.48. The largest absolute Gasteiger partial charge is 0.507 e. The smallest absolute Gasteiger partial charge is 0.421 e. The second-order valence-corrected chi connectivity index (χ2v) is 5.67. The van der Waals surface area contributed by atoms with Crippen LogP contribution >= 0.6 is 11.6 Å². The van der Waals surface area contributed by atoms with Crippen molar-refractivity contribution in [2.45, 2.75) is 18.8 Å². The van der Waals surface area contributed by atoms with E-state index in [4.69, 9.17) is 17.3 Å². The van der Waals surface area contributed by atoms with Crippen molar-refractivity contribution in [2.75, 3.05) is 0 Å². The fraction of sp³-hybridized carbons (Fsp3) is 0.188. The minimum atomic E-state index is -4.79. The number of amidine groups is 1. The molecule has 1 heterocycles. The monoisotopic (exact) mass is 374 g/mol. The van der Waals surface area contributed by atoms with Crippen molar-refractivity contribution in [1.29, 1.82) is 0 Å². The second-order valence-electron chi connectivity index (χ2n) is 5.23. The van der Waals surface area contributed by atoms with Gasteiger partial charge < -0.3 is 15.2 Å². The van der Waals surface area contributed by atoms with Crippen LogP contribution in [0.1, 0.15) is 11.1 Å². The lowest BCUT2D eigenvalue weighted by atomic mass is 10.1. The van der Waals surface area contributed by atoms with Crippen molar-refractivity contribution in [1.82, 2.24) is 0 Å². The zero-order chi connectivity index (χ0) is 18.2. The molecule has 0 unspecified atom stereocenters. The first-order chi connectivity index (χ1) is 11.7. The molecular formula is C16H11ClF4N2O2. The van der Waals surface area contributed by atoms with E-state index in [-0.39, 0.29) is 17.9 Å². The highest BCUT2D eigenvalue weighted by molar-refractivity contribution is 6.30. The van der Waals surface area contributed by atoms with Gasteiger partial charge in [0, 0.05) is 10.6 Å². The van der Waals surface area contributed by atoms with Crippen molar-refractivity contribution in [3.63, 3.8) is 0 Å². The SMILES string of the molecule is NC(=NCc1cccc(Cl)c1)c1ccc2c(c1)OC(F)(F)C(F)(F)O2. The minimum absolute atomic E-state index is 0.0204. The molecule has 25 heavy (non-hydrogen) atoms. The fourth-order valence-electron chi connectivity index (χ4n) is 2.13. The van der Waals surface area contributed by atoms with Crippen molar-refractivity contribution in [3.8, 4) is 11.5 Å². The van der Waals surface area contributed by atoms with Crippen LogP contribution in [0.3, 0.4) is 0 Å². The molecule has 0 bridgehead atoms. The summed E-state index contributed by atoms with van der Waals surface area (Å²) in [5, 5.41) is 0.536. The van der Waals surface area contributed by atoms with E-state index in [0.717, 1.165) is 17.7 Å². The molecule has 2 aromatic carbocycles. The molecule has 0 radical (unpaired) electrons. The average molecular weight is 375 g/mol. The maximum Gasteiger partial charge on any atom is 0.507 e. The molecule has 9 heteroatoms. The van der Waals surface area contributed by atoms with Gasteiger partial charge in [0.1, 0.15) is 5.84 Å². The maximum atomic E-state index is 13.2. The van der Waals surface area contributed by atoms with Crippen LogP contribution in [-0.4, -0.2) is 18.1 Å². The van der Waals surface area contributed by atoms with Gasteiger partial charge in [-0.25, -0.2) is 0 Å². The number of halogens is 5. The minimum Gasteiger partial charge on any atom is -0.421 e. The lowest BCUT2D eigenvalue weighted by Gasteiger charge is -2.31. The Morgan fingerprint density at radius 2 is 1.68 bits per heavy atom. The Labute approximate surface area is 144 Å². The summed E-state index contributed by atoms with van der Waals surface area (Å²) in [6, 6.07) is 10.4. The standard InChI is InChI=1S/C16H11ClF4N2O2/c17-11-3-1-2-9(6-11)8-23-14(22)10-4-5-12-13(7-10)25-16(20,21)15(18,19)24-12/h1-7H,8H2,(H2,22,23). The Kier molecular flexibility index (Phi) is 4.24. The Morgan fingerprint density at radius 3 is 2.36 bits per heavy atom. The van der Waals surface area contributed by atoms with Gasteiger partial charge in [-0.15, -0.1) is 0 Å². The number of benzene rings is 2. The highest BCUT2D eigenvalue weighted by Gasteiger charge is 2.65. The van der Waals surface area contributed by atoms with E-state index in [0.29, 0.717) is 5.02 Å². The highest BCUT2D eigenvalue weighted by atomic mass is 35.5. The molecule has 0 saturated heterocycles. The molecule has 0 amide bonds. The quantitative estimate of drug-likeness (QED) is 0.497. The van der Waals surface area contributed by atoms with Gasteiger partial charge in [0.25, 0.3) is 0 Å². The molecule has 0 aliphatic carbocycles. The van der Waals surface area contributed by atoms with Crippen LogP contribution in [0, 0.1) is 0 Å². The summed E-state index contributed by atoms with van der Waals surface area (Å²) in [5.41, 5.74) is 6.84. The number of hydrogen-bond acceptors (Lipinski definition) is 3. The summed E-state index contributed by atoms with van der Waals surface area (Å²) in [7, 11) is 0. The van der Waals surface area contributed by atoms with Crippen molar-refractivity contribution in [2.24, 2.45) is 10.7 Å². The molecule has 2 aromatic rings. The fourth-order valence-corrected chi connectivity index (χ4v) is 2.34. The molecular weight excluding hydrogens is 364 g/mol. The van der Waals surface area contributed by atoms with Crippen LogP contribution in [0.2, 0.25) is 5.02 Å². The predicted octanol–water partition coefficient (Wildman–Crippen LogP) is 4.20. The summed E-state index contributed by atoms with van der Waals surface area (Å²) >= 11 is 5.86. The van der Waals surface area contributed by atoms with E-state index in [2.05, 4.69) is 14.5 Å². The normalized spacial score (nSPS) is 18.0. The van der Waals surface area contributed by atoms with E-state index in [1.807, 2.05) is 0 Å². The molecule has 1 aliphatic rings. The van der Waals surface area contributed by atoms with E-state index in [9.17, 15) is 17.6 Å². The third kappa shape index (κ3) is 3.48. The summed E-state index contributed by atoms with van der Waals surface area (Å²) in [5.74, 6) is -1.04. The Morgan fingerprint density at radius 1 is 1.00 bits per heavy atom. The molecule has 4 nitrogen and oxygen atoms in total. The third-order valence-corrected chi connectivity index (χ3v) is 3.61. The van der Waals surface area contributed by atoms with Crippen molar-refractivity contribution >= 4 is 17.4 Å². The average Bonchev–Trinajstić information content (AvgIpc) is 2.53. The molecule has 0 saturated carbocycles. The van der Waals surface area contributed by atoms with Gasteiger partial charge in [0.2, 0.25) is 0 Å². The summed E-state index contributed by atoms with van der Waals surface area (Å²) in [6.45, 7) is 0.203. The predicted molar refractivity (Wildman–Crippen MR) is 83.5 cm³/mol. The lowest BCUT2D eigenvalue weighted by molar-refractivity contribution is -0.391. The first-order valence-electron chi connectivity index (χ1n) is 7.00. The molecule has 132 valence electrons. The molecule has 0 aromatic heterocycles. The molecule has 1 aliphatic heterocycles. The van der Waals surface area contributed by atoms with Crippen LogP contribution < -0.4 is 15.2 Å². The number of fused-ring (bicyclic) bond motifs is 1. The van der Waals surface area contributed by atoms with Gasteiger partial charge in [0.05, 0.1) is 6.54 Å². The van der Waals surface area contributed by atoms with Gasteiger partial charge >= 0.3 is 12.2 Å². The number of alkyl halides is 4. The van der Waals surface area contributed by atoms with E-state index in [1.165, 1.54) is 6.07 Å². The molecule has 2 N–H and O–H groups in total. The van der Waals surface area contributed by atoms with Crippen molar-refractivity contribution < 1.29 is 27.0 Å². The van der Waals surface area contributed by atoms with Crippen molar-refractivity contribution in [3.05, 3.63) is 58.6 Å². The van der Waals surface area contributed by atoms with Crippen LogP contribution in [0.15, 0.2) is 47.5 Å². The number of rotatable bonds is 3. The van der Waals surface area contributed by atoms with Gasteiger partial charge in [-0.3, -0.25) is 4.99 Å². The number of aliphatic imine (C=N–C) groups is 1. The third-order valence-electron chi connectivity index (χ3n) is 3.38. The number of hydrogen-bond donors (Lipinski definition) is 1. The molecule has 0 atom stereocenters. The molecule has 3 rings (SSSR count). The summed E-state index contributed by atoms with van der Waals surface area (Å²) in [6.07, 6.45) is -9.54. The van der Waals surface area contributed by atoms with Crippen LogP contribution in [0.25, 0.3) is 0 Å². The van der Waals surface area contributed by atoms with Gasteiger partial charge in [-0.05, 0) is 35.9 Å². The highest BCUT2D eigenvalue weighted by Crippen LogP contribution is 2.46. The summed E-state index contributed by atoms with van der Waals surface area (Å²) in [4.78, 5) is 4.12. The van der Waals surface area contributed by atoms with E-state index < -0.39 is 23.7 Å². The van der Waals surface area contributed by atoms with Gasteiger partial charge in [-0.1, -0.05) is 23.7 Å². The number of nitrogens with two attached hydrogens (primary N) is 1. The second kappa shape index (κ2) is 6.11. The zero-order valence-electron chi connectivity index (χ0n) is 12.5. The molecule has 0 spiro atoms. The van der Waals surface area contributed by atoms with Gasteiger partial charge in [0.15, 0.2) is 11.5 Å². The number of ether oxygens (including phenoxy) is 2. The van der Waals surface area contributed by atoms with E-state index in [1.54, 1.807) is 24.3 Å². The maximum absolute atomic E-state index is 13.2. The van der Waals surface area contributed by atoms with Crippen LogP contribution in [0.4, 0.5) is 17.6 Å². The first-order valence-corrected chi connectivity index (χ1v) is 7.38. The van der Waals surface area contributed by atoms with Crippen LogP contribution in [-0.2, 0) is 6.54 Å². The Bertz CT molecular complexity index is 843. The topological polar surface area (TPSA) is 56.8 Å². The molecule has 0 fully saturated rings. The zero-order valence-corrected chi connectivity index (χ0v) is 13.2. The first kappa shape index (κ1) is 17.3. The summed E-state index contributed by atoms with van der Waals surface area (Å²) < 4.78 is 60.7. The number of nitrogens with zero attached hydrogens (tertiary/aromatic N) is 1. The van der Waals surface area contributed by atoms with E-state index >= 15 is 0 Å².